The van der Waals surface area contributed by atoms with Crippen LogP contribution >= 0.6 is 0 Å². The minimum atomic E-state index is -1.10. The summed E-state index contributed by atoms with van der Waals surface area (Å²) >= 11 is 0. The number of carbonyl (C=O) groups is 2. The molecule has 0 spiro atoms. The Labute approximate surface area is 222 Å². The van der Waals surface area contributed by atoms with Gasteiger partial charge in [-0.25, -0.2) is 4.79 Å². The second-order valence-corrected chi connectivity index (χ2v) is 10.8. The maximum atomic E-state index is 12.7. The van der Waals surface area contributed by atoms with Gasteiger partial charge in [-0.3, -0.25) is 4.79 Å². The zero-order valence-corrected chi connectivity index (χ0v) is 22.4. The lowest BCUT2D eigenvalue weighted by Crippen LogP contribution is -2.42. The van der Waals surface area contributed by atoms with Crippen LogP contribution in [0.4, 0.5) is 0 Å². The summed E-state index contributed by atoms with van der Waals surface area (Å²) in [5.74, 6) is -0.199. The highest BCUT2D eigenvalue weighted by Gasteiger charge is 2.22. The van der Waals surface area contributed by atoms with Crippen LogP contribution in [0.2, 0.25) is 0 Å². The standard InChI is InChI=1S/C31H33N3O4/c1-19(2)21-10-12-24(13-11-21)29-33-27(34-38-29)22-8-6-20(7-9-22)18-26(30(36)37)32-28(35)23-14-16-25(17-15-23)31(3,4)5/h6-17,19,26H,18H2,1-5H3,(H,32,35)(H,36,37)/t26-/m0/s1. The molecule has 0 saturated carbocycles. The number of nitrogens with zero attached hydrogens (tertiary/aromatic N) is 2. The molecule has 0 bridgehead atoms. The van der Waals surface area contributed by atoms with E-state index >= 15 is 0 Å². The van der Waals surface area contributed by atoms with Crippen molar-refractivity contribution in [1.29, 1.82) is 0 Å². The highest BCUT2D eigenvalue weighted by Crippen LogP contribution is 2.25. The molecule has 7 heteroatoms. The Morgan fingerprint density at radius 3 is 2.05 bits per heavy atom. The molecule has 1 aromatic heterocycles. The molecule has 3 aromatic carbocycles. The molecule has 38 heavy (non-hydrogen) atoms. The lowest BCUT2D eigenvalue weighted by atomic mass is 9.86. The lowest BCUT2D eigenvalue weighted by molar-refractivity contribution is -0.139. The number of carbonyl (C=O) groups excluding carboxylic acids is 1. The molecule has 0 aliphatic rings. The minimum absolute atomic E-state index is 0.0348. The highest BCUT2D eigenvalue weighted by atomic mass is 16.5. The summed E-state index contributed by atoms with van der Waals surface area (Å²) in [6, 6.07) is 21.5. The van der Waals surface area contributed by atoms with E-state index in [-0.39, 0.29) is 11.8 Å². The Hall–Kier alpha value is -4.26. The normalized spacial score (nSPS) is 12.4. The molecule has 1 amide bonds. The van der Waals surface area contributed by atoms with Crippen LogP contribution in [0.25, 0.3) is 22.8 Å². The van der Waals surface area contributed by atoms with Crippen molar-refractivity contribution in [2.45, 2.75) is 58.4 Å². The Morgan fingerprint density at radius 2 is 1.50 bits per heavy atom. The molecule has 0 aliphatic carbocycles. The second kappa shape index (κ2) is 11.0. The lowest BCUT2D eigenvalue weighted by Gasteiger charge is -2.19. The van der Waals surface area contributed by atoms with Gasteiger partial charge in [-0.2, -0.15) is 4.98 Å². The van der Waals surface area contributed by atoms with E-state index in [2.05, 4.69) is 62.2 Å². The first-order valence-electron chi connectivity index (χ1n) is 12.7. The minimum Gasteiger partial charge on any atom is -0.480 e. The van der Waals surface area contributed by atoms with Crippen molar-refractivity contribution >= 4 is 11.9 Å². The molecular formula is C31H33N3O4. The molecule has 0 fully saturated rings. The number of carboxylic acid groups (broad SMARTS) is 1. The Balaban J connectivity index is 1.42. The molecular weight excluding hydrogens is 478 g/mol. The molecule has 0 radical (unpaired) electrons. The van der Waals surface area contributed by atoms with E-state index in [0.29, 0.717) is 23.2 Å². The van der Waals surface area contributed by atoms with Gasteiger partial charge in [0, 0.05) is 23.1 Å². The Morgan fingerprint density at radius 1 is 0.895 bits per heavy atom. The molecule has 2 N–H and O–H groups in total. The van der Waals surface area contributed by atoms with Gasteiger partial charge in [0.15, 0.2) is 0 Å². The third-order valence-corrected chi connectivity index (χ3v) is 6.52. The summed E-state index contributed by atoms with van der Waals surface area (Å²) < 4.78 is 5.46. The summed E-state index contributed by atoms with van der Waals surface area (Å²) in [5, 5.41) is 16.5. The highest BCUT2D eigenvalue weighted by molar-refractivity contribution is 5.96. The van der Waals surface area contributed by atoms with E-state index < -0.39 is 17.9 Å². The van der Waals surface area contributed by atoms with E-state index in [9.17, 15) is 14.7 Å². The van der Waals surface area contributed by atoms with Crippen molar-refractivity contribution in [3.8, 4) is 22.8 Å². The smallest absolute Gasteiger partial charge is 0.326 e. The molecule has 7 nitrogen and oxygen atoms in total. The van der Waals surface area contributed by atoms with E-state index in [1.54, 1.807) is 12.1 Å². The average molecular weight is 512 g/mol. The molecule has 0 unspecified atom stereocenters. The van der Waals surface area contributed by atoms with Crippen molar-refractivity contribution in [2.24, 2.45) is 0 Å². The van der Waals surface area contributed by atoms with Crippen LogP contribution in [0.15, 0.2) is 77.3 Å². The average Bonchev–Trinajstić information content (AvgIpc) is 3.38. The number of carboxylic acids is 1. The van der Waals surface area contributed by atoms with Crippen LogP contribution in [-0.4, -0.2) is 33.2 Å². The van der Waals surface area contributed by atoms with Gasteiger partial charge < -0.3 is 14.9 Å². The predicted molar refractivity (Wildman–Crippen MR) is 147 cm³/mol. The third-order valence-electron chi connectivity index (χ3n) is 6.52. The summed E-state index contributed by atoms with van der Waals surface area (Å²) in [6.07, 6.45) is 0.140. The van der Waals surface area contributed by atoms with Crippen LogP contribution in [0, 0.1) is 0 Å². The zero-order valence-electron chi connectivity index (χ0n) is 22.4. The topological polar surface area (TPSA) is 105 Å². The van der Waals surface area contributed by atoms with Gasteiger partial charge in [-0.1, -0.05) is 88.3 Å². The first kappa shape index (κ1) is 26.8. The van der Waals surface area contributed by atoms with Gasteiger partial charge >= 0.3 is 5.97 Å². The SMILES string of the molecule is CC(C)c1ccc(-c2nc(-c3ccc(C[C@H](NC(=O)c4ccc(C(C)(C)C)cc4)C(=O)O)cc3)no2)cc1. The number of amides is 1. The van der Waals surface area contributed by atoms with Crippen LogP contribution in [0.5, 0.6) is 0 Å². The van der Waals surface area contributed by atoms with Gasteiger partial charge in [0.1, 0.15) is 6.04 Å². The van der Waals surface area contributed by atoms with Gasteiger partial charge in [0.25, 0.3) is 11.8 Å². The molecule has 4 aromatic rings. The maximum Gasteiger partial charge on any atom is 0.326 e. The maximum absolute atomic E-state index is 12.7. The fourth-order valence-electron chi connectivity index (χ4n) is 4.06. The van der Waals surface area contributed by atoms with Crippen molar-refractivity contribution in [1.82, 2.24) is 15.5 Å². The van der Waals surface area contributed by atoms with Crippen LogP contribution in [0.3, 0.4) is 0 Å². The monoisotopic (exact) mass is 511 g/mol. The molecule has 1 atom stereocenters. The van der Waals surface area contributed by atoms with E-state index in [4.69, 9.17) is 4.52 Å². The van der Waals surface area contributed by atoms with Crippen molar-refractivity contribution in [2.75, 3.05) is 0 Å². The molecule has 4 rings (SSSR count). The number of rotatable bonds is 8. The second-order valence-electron chi connectivity index (χ2n) is 10.8. The largest absolute Gasteiger partial charge is 0.480 e. The van der Waals surface area contributed by atoms with Crippen LogP contribution in [-0.2, 0) is 16.6 Å². The first-order valence-corrected chi connectivity index (χ1v) is 12.7. The number of hydrogen-bond acceptors (Lipinski definition) is 5. The Bertz CT molecular complexity index is 1400. The Kier molecular flexibility index (Phi) is 7.76. The number of nitrogens with one attached hydrogen (secondary N) is 1. The number of aromatic nitrogens is 2. The number of hydrogen-bond donors (Lipinski definition) is 2. The van der Waals surface area contributed by atoms with Gasteiger partial charge in [-0.05, 0) is 52.3 Å². The van der Waals surface area contributed by atoms with Crippen molar-refractivity contribution < 1.29 is 19.2 Å². The summed E-state index contributed by atoms with van der Waals surface area (Å²) in [5.41, 5.74) is 5.08. The van der Waals surface area contributed by atoms with Crippen molar-refractivity contribution in [3.05, 3.63) is 95.1 Å². The summed E-state index contributed by atoms with van der Waals surface area (Å²) in [4.78, 5) is 29.1. The number of aliphatic carboxylic acids is 1. The third kappa shape index (κ3) is 6.35. The zero-order chi connectivity index (χ0) is 27.4. The van der Waals surface area contributed by atoms with Crippen molar-refractivity contribution in [3.63, 3.8) is 0 Å². The van der Waals surface area contributed by atoms with E-state index in [1.807, 2.05) is 48.5 Å². The first-order chi connectivity index (χ1) is 18.0. The van der Waals surface area contributed by atoms with E-state index in [0.717, 1.165) is 22.3 Å². The fraction of sp³-hybridized carbons (Fsp3) is 0.290. The van der Waals surface area contributed by atoms with Gasteiger partial charge in [0.05, 0.1) is 0 Å². The van der Waals surface area contributed by atoms with E-state index in [1.165, 1.54) is 5.56 Å². The summed E-state index contributed by atoms with van der Waals surface area (Å²) in [6.45, 7) is 10.6. The van der Waals surface area contributed by atoms with Crippen LogP contribution in [0.1, 0.15) is 67.6 Å². The number of benzene rings is 3. The van der Waals surface area contributed by atoms with Gasteiger partial charge in [-0.15, -0.1) is 0 Å². The molecule has 0 saturated heterocycles. The molecule has 196 valence electrons. The molecule has 1 heterocycles. The predicted octanol–water partition coefficient (Wildman–Crippen LogP) is 6.25. The molecule has 0 aliphatic heterocycles. The fourth-order valence-corrected chi connectivity index (χ4v) is 4.06. The van der Waals surface area contributed by atoms with Crippen LogP contribution < -0.4 is 5.32 Å². The van der Waals surface area contributed by atoms with Gasteiger partial charge in [0.2, 0.25) is 5.82 Å². The quantitative estimate of drug-likeness (QED) is 0.290. The summed E-state index contributed by atoms with van der Waals surface area (Å²) in [7, 11) is 0.